The van der Waals surface area contributed by atoms with Crippen LogP contribution in [0, 0.1) is 5.92 Å². The second kappa shape index (κ2) is 5.36. The Bertz CT molecular complexity index is 430. The molecule has 1 amide bonds. The van der Waals surface area contributed by atoms with Crippen molar-refractivity contribution in [2.24, 2.45) is 11.7 Å². The molecule has 2 N–H and O–H groups in total. The molecule has 1 aromatic rings. The van der Waals surface area contributed by atoms with Gasteiger partial charge in [-0.25, -0.2) is 4.98 Å². The maximum absolute atomic E-state index is 12.4. The van der Waals surface area contributed by atoms with Crippen LogP contribution in [0.1, 0.15) is 55.2 Å². The highest BCUT2D eigenvalue weighted by molar-refractivity contribution is 7.09. The number of carbonyl (C=O) groups excluding carboxylic acids is 1. The lowest BCUT2D eigenvalue weighted by molar-refractivity contribution is 0.0568. The predicted molar refractivity (Wildman–Crippen MR) is 73.6 cm³/mol. The first-order valence-electron chi connectivity index (χ1n) is 6.51. The Hall–Kier alpha value is -0.940. The summed E-state index contributed by atoms with van der Waals surface area (Å²) in [5.74, 6) is 0.633. The highest BCUT2D eigenvalue weighted by atomic mass is 32.1. The summed E-state index contributed by atoms with van der Waals surface area (Å²) in [5.41, 5.74) is 6.33. The Kier molecular flexibility index (Phi) is 4.02. The normalized spacial score (nSPS) is 26.1. The molecule has 2 heterocycles. The molecule has 1 saturated heterocycles. The summed E-state index contributed by atoms with van der Waals surface area (Å²) >= 11 is 1.47. The minimum Gasteiger partial charge on any atom is -0.334 e. The summed E-state index contributed by atoms with van der Waals surface area (Å²) in [7, 11) is 0. The number of rotatable bonds is 2. The van der Waals surface area contributed by atoms with Crippen molar-refractivity contribution in [2.75, 3.05) is 6.54 Å². The minimum absolute atomic E-state index is 0.0530. The largest absolute Gasteiger partial charge is 0.334 e. The molecule has 1 aromatic heterocycles. The second-order valence-electron chi connectivity index (χ2n) is 5.35. The van der Waals surface area contributed by atoms with Gasteiger partial charge in [-0.15, -0.1) is 11.3 Å². The van der Waals surface area contributed by atoms with Gasteiger partial charge >= 0.3 is 0 Å². The molecule has 0 bridgehead atoms. The monoisotopic (exact) mass is 267 g/mol. The van der Waals surface area contributed by atoms with E-state index in [0.29, 0.717) is 17.7 Å². The third-order valence-electron chi connectivity index (χ3n) is 3.51. The standard InChI is InChI=1S/C13H21N3OS/c1-8-4-5-9(2)16(6-8)13(17)11-7-18-12(15-11)10(3)14/h7-10H,4-6,14H2,1-3H3. The van der Waals surface area contributed by atoms with E-state index in [1.165, 1.54) is 17.8 Å². The van der Waals surface area contributed by atoms with Gasteiger partial charge in [-0.05, 0) is 32.6 Å². The summed E-state index contributed by atoms with van der Waals surface area (Å²) in [5, 5.41) is 2.66. The number of aromatic nitrogens is 1. The Labute approximate surface area is 112 Å². The molecule has 1 fully saturated rings. The molecule has 3 atom stereocenters. The number of carbonyl (C=O) groups is 1. The van der Waals surface area contributed by atoms with Crippen LogP contribution in [-0.4, -0.2) is 28.4 Å². The van der Waals surface area contributed by atoms with Crippen molar-refractivity contribution in [3.05, 3.63) is 16.1 Å². The molecular formula is C13H21N3OS. The van der Waals surface area contributed by atoms with E-state index in [0.717, 1.165) is 18.0 Å². The minimum atomic E-state index is -0.103. The van der Waals surface area contributed by atoms with Gasteiger partial charge in [0.05, 0.1) is 6.04 Å². The van der Waals surface area contributed by atoms with Gasteiger partial charge in [0.1, 0.15) is 10.7 Å². The maximum Gasteiger partial charge on any atom is 0.273 e. The number of nitrogens with two attached hydrogens (primary N) is 1. The van der Waals surface area contributed by atoms with Crippen LogP contribution in [-0.2, 0) is 0 Å². The number of nitrogens with zero attached hydrogens (tertiary/aromatic N) is 2. The predicted octanol–water partition coefficient (Wildman–Crippen LogP) is 2.42. The fraction of sp³-hybridized carbons (Fsp3) is 0.692. The van der Waals surface area contributed by atoms with Crippen LogP contribution in [0.4, 0.5) is 0 Å². The van der Waals surface area contributed by atoms with Crippen LogP contribution < -0.4 is 5.73 Å². The highest BCUT2D eigenvalue weighted by Gasteiger charge is 2.28. The van der Waals surface area contributed by atoms with Crippen LogP contribution in [0.5, 0.6) is 0 Å². The van der Waals surface area contributed by atoms with Crippen LogP contribution in [0.15, 0.2) is 5.38 Å². The molecule has 1 aliphatic heterocycles. The molecule has 0 aliphatic carbocycles. The summed E-state index contributed by atoms with van der Waals surface area (Å²) in [6, 6.07) is 0.211. The van der Waals surface area contributed by atoms with Gasteiger partial charge in [-0.2, -0.15) is 0 Å². The summed E-state index contributed by atoms with van der Waals surface area (Å²) in [6.07, 6.45) is 2.28. The first kappa shape index (κ1) is 13.5. The van der Waals surface area contributed by atoms with Crippen molar-refractivity contribution < 1.29 is 4.79 Å². The van der Waals surface area contributed by atoms with Crippen molar-refractivity contribution in [3.8, 4) is 0 Å². The average molecular weight is 267 g/mol. The molecule has 1 aliphatic rings. The van der Waals surface area contributed by atoms with Gasteiger partial charge in [0.2, 0.25) is 0 Å². The highest BCUT2D eigenvalue weighted by Crippen LogP contribution is 2.24. The molecule has 18 heavy (non-hydrogen) atoms. The lowest BCUT2D eigenvalue weighted by Crippen LogP contribution is -2.45. The molecule has 100 valence electrons. The van der Waals surface area contributed by atoms with E-state index in [9.17, 15) is 4.79 Å². The molecule has 2 rings (SSSR count). The van der Waals surface area contributed by atoms with E-state index in [4.69, 9.17) is 5.73 Å². The molecule has 5 heteroatoms. The van der Waals surface area contributed by atoms with Crippen LogP contribution in [0.3, 0.4) is 0 Å². The van der Waals surface area contributed by atoms with E-state index in [1.807, 2.05) is 17.2 Å². The van der Waals surface area contributed by atoms with Crippen LogP contribution in [0.2, 0.25) is 0 Å². The topological polar surface area (TPSA) is 59.2 Å². The zero-order valence-electron chi connectivity index (χ0n) is 11.2. The van der Waals surface area contributed by atoms with E-state index in [1.54, 1.807) is 0 Å². The number of amides is 1. The fourth-order valence-corrected chi connectivity index (χ4v) is 3.07. The molecule has 0 aromatic carbocycles. The van der Waals surface area contributed by atoms with Gasteiger partial charge in [0, 0.05) is 18.0 Å². The SMILES string of the molecule is CC1CCC(C)N(C(=O)c2csc(C(C)N)n2)C1. The Morgan fingerprint density at radius 3 is 2.89 bits per heavy atom. The second-order valence-corrected chi connectivity index (χ2v) is 6.24. The summed E-state index contributed by atoms with van der Waals surface area (Å²) in [6.45, 7) is 7.03. The third-order valence-corrected chi connectivity index (χ3v) is 4.55. The van der Waals surface area contributed by atoms with Crippen molar-refractivity contribution >= 4 is 17.2 Å². The first-order valence-corrected chi connectivity index (χ1v) is 7.39. The zero-order valence-corrected chi connectivity index (χ0v) is 12.0. The van der Waals surface area contributed by atoms with Crippen molar-refractivity contribution in [1.29, 1.82) is 0 Å². The van der Waals surface area contributed by atoms with Gasteiger partial charge in [-0.3, -0.25) is 4.79 Å². The smallest absolute Gasteiger partial charge is 0.273 e. The van der Waals surface area contributed by atoms with Gasteiger partial charge in [0.15, 0.2) is 0 Å². The number of hydrogen-bond donors (Lipinski definition) is 1. The van der Waals surface area contributed by atoms with Crippen LogP contribution >= 0.6 is 11.3 Å². The number of hydrogen-bond acceptors (Lipinski definition) is 4. The summed E-state index contributed by atoms with van der Waals surface area (Å²) in [4.78, 5) is 18.7. The number of likely N-dealkylation sites (tertiary alicyclic amines) is 1. The van der Waals surface area contributed by atoms with Gasteiger partial charge in [-0.1, -0.05) is 6.92 Å². The molecule has 0 radical (unpaired) electrons. The Morgan fingerprint density at radius 2 is 2.28 bits per heavy atom. The zero-order chi connectivity index (χ0) is 13.3. The molecule has 0 saturated carbocycles. The van der Waals surface area contributed by atoms with Crippen molar-refractivity contribution in [1.82, 2.24) is 9.88 Å². The Balaban J connectivity index is 2.14. The quantitative estimate of drug-likeness (QED) is 0.895. The maximum atomic E-state index is 12.4. The van der Waals surface area contributed by atoms with E-state index >= 15 is 0 Å². The average Bonchev–Trinajstić information content (AvgIpc) is 2.81. The van der Waals surface area contributed by atoms with E-state index in [-0.39, 0.29) is 11.9 Å². The number of piperidine rings is 1. The van der Waals surface area contributed by atoms with E-state index < -0.39 is 0 Å². The molecule has 0 spiro atoms. The number of thiazole rings is 1. The van der Waals surface area contributed by atoms with Crippen molar-refractivity contribution in [2.45, 2.75) is 45.7 Å². The molecule has 3 unspecified atom stereocenters. The van der Waals surface area contributed by atoms with E-state index in [2.05, 4.69) is 18.8 Å². The lowest BCUT2D eigenvalue weighted by Gasteiger charge is -2.36. The summed E-state index contributed by atoms with van der Waals surface area (Å²) < 4.78 is 0. The van der Waals surface area contributed by atoms with Crippen molar-refractivity contribution in [3.63, 3.8) is 0 Å². The van der Waals surface area contributed by atoms with Gasteiger partial charge in [0.25, 0.3) is 5.91 Å². The lowest BCUT2D eigenvalue weighted by atomic mass is 9.95. The third kappa shape index (κ3) is 2.72. The molecule has 4 nitrogen and oxygen atoms in total. The van der Waals surface area contributed by atoms with Gasteiger partial charge < -0.3 is 10.6 Å². The fourth-order valence-electron chi connectivity index (χ4n) is 2.31. The first-order chi connectivity index (χ1) is 8.49. The molecular weight excluding hydrogens is 246 g/mol. The Morgan fingerprint density at radius 1 is 1.56 bits per heavy atom. The van der Waals surface area contributed by atoms with Crippen LogP contribution in [0.25, 0.3) is 0 Å².